The van der Waals surface area contributed by atoms with E-state index in [9.17, 15) is 0 Å². The van der Waals surface area contributed by atoms with Crippen LogP contribution in [0, 0.1) is 0 Å². The van der Waals surface area contributed by atoms with E-state index in [1.807, 2.05) is 25.0 Å². The molecule has 1 aliphatic rings. The van der Waals surface area contributed by atoms with Crippen molar-refractivity contribution in [3.8, 4) is 0 Å². The van der Waals surface area contributed by atoms with Gasteiger partial charge in [0.15, 0.2) is 0 Å². The molecule has 1 aromatic heterocycles. The summed E-state index contributed by atoms with van der Waals surface area (Å²) >= 11 is 1.88. The molecule has 1 aromatic rings. The Bertz CT molecular complexity index is 368. The van der Waals surface area contributed by atoms with E-state index in [1.165, 1.54) is 30.5 Å². The summed E-state index contributed by atoms with van der Waals surface area (Å²) in [4.78, 5) is 9.23. The number of thioether (sulfide) groups is 1. The third-order valence-corrected chi connectivity index (χ3v) is 4.14. The molecular weight excluding hydrogens is 230 g/mol. The monoisotopic (exact) mass is 251 g/mol. The number of aryl methyl sites for hydroxylation is 1. The van der Waals surface area contributed by atoms with Gasteiger partial charge in [-0.05, 0) is 32.1 Å². The van der Waals surface area contributed by atoms with Crippen molar-refractivity contribution in [1.82, 2.24) is 15.3 Å². The molecule has 2 rings (SSSR count). The Labute approximate surface area is 108 Å². The van der Waals surface area contributed by atoms with Gasteiger partial charge in [-0.3, -0.25) is 0 Å². The van der Waals surface area contributed by atoms with Gasteiger partial charge < -0.3 is 5.32 Å². The van der Waals surface area contributed by atoms with Gasteiger partial charge in [0.05, 0.1) is 5.75 Å². The molecule has 0 bridgehead atoms. The molecule has 1 unspecified atom stereocenters. The average Bonchev–Trinajstić information content (AvgIpc) is 2.57. The predicted molar refractivity (Wildman–Crippen MR) is 73.2 cm³/mol. The SMILES string of the molecule is CCSCc1ncc2c(n1)CCCCC2NC. The predicted octanol–water partition coefficient (Wildman–Crippen LogP) is 2.72. The minimum atomic E-state index is 0.445. The minimum Gasteiger partial charge on any atom is -0.313 e. The normalized spacial score (nSPS) is 19.8. The molecule has 0 aliphatic heterocycles. The summed E-state index contributed by atoms with van der Waals surface area (Å²) < 4.78 is 0. The minimum absolute atomic E-state index is 0.445. The van der Waals surface area contributed by atoms with Crippen molar-refractivity contribution < 1.29 is 0 Å². The van der Waals surface area contributed by atoms with Crippen LogP contribution in [0.3, 0.4) is 0 Å². The van der Waals surface area contributed by atoms with E-state index in [4.69, 9.17) is 4.98 Å². The molecule has 0 aromatic carbocycles. The highest BCUT2D eigenvalue weighted by Crippen LogP contribution is 2.27. The van der Waals surface area contributed by atoms with E-state index in [0.29, 0.717) is 6.04 Å². The summed E-state index contributed by atoms with van der Waals surface area (Å²) in [6.45, 7) is 2.17. The second kappa shape index (κ2) is 6.36. The molecule has 0 saturated heterocycles. The maximum absolute atomic E-state index is 4.74. The summed E-state index contributed by atoms with van der Waals surface area (Å²) in [5.74, 6) is 3.06. The summed E-state index contributed by atoms with van der Waals surface area (Å²) in [5, 5.41) is 3.38. The zero-order chi connectivity index (χ0) is 12.1. The lowest BCUT2D eigenvalue weighted by atomic mass is 10.1. The fourth-order valence-corrected chi connectivity index (χ4v) is 2.84. The Kier molecular flexibility index (Phi) is 4.80. The Morgan fingerprint density at radius 2 is 2.35 bits per heavy atom. The van der Waals surface area contributed by atoms with Crippen LogP contribution in [0.2, 0.25) is 0 Å². The molecule has 1 atom stereocenters. The molecule has 0 saturated carbocycles. The summed E-state index contributed by atoms with van der Waals surface area (Å²) in [7, 11) is 2.03. The fourth-order valence-electron chi connectivity index (χ4n) is 2.32. The van der Waals surface area contributed by atoms with Crippen molar-refractivity contribution >= 4 is 11.8 Å². The average molecular weight is 251 g/mol. The van der Waals surface area contributed by atoms with E-state index in [0.717, 1.165) is 23.8 Å². The van der Waals surface area contributed by atoms with Crippen LogP contribution in [0.25, 0.3) is 0 Å². The Morgan fingerprint density at radius 1 is 1.47 bits per heavy atom. The van der Waals surface area contributed by atoms with Crippen LogP contribution < -0.4 is 5.32 Å². The maximum Gasteiger partial charge on any atom is 0.138 e. The Balaban J connectivity index is 2.21. The molecule has 94 valence electrons. The van der Waals surface area contributed by atoms with Gasteiger partial charge in [0, 0.05) is 23.5 Å². The number of hydrogen-bond acceptors (Lipinski definition) is 4. The van der Waals surface area contributed by atoms with Crippen molar-refractivity contribution in [2.75, 3.05) is 12.8 Å². The van der Waals surface area contributed by atoms with Crippen molar-refractivity contribution in [2.45, 2.75) is 44.4 Å². The third kappa shape index (κ3) is 3.19. The van der Waals surface area contributed by atoms with E-state index < -0.39 is 0 Å². The van der Waals surface area contributed by atoms with Gasteiger partial charge in [-0.25, -0.2) is 9.97 Å². The Hall–Kier alpha value is -0.610. The van der Waals surface area contributed by atoms with Crippen LogP contribution >= 0.6 is 11.8 Å². The number of aromatic nitrogens is 2. The molecule has 1 heterocycles. The van der Waals surface area contributed by atoms with Gasteiger partial charge in [-0.15, -0.1) is 0 Å². The van der Waals surface area contributed by atoms with Crippen LogP contribution in [-0.2, 0) is 12.2 Å². The van der Waals surface area contributed by atoms with Crippen molar-refractivity contribution in [3.05, 3.63) is 23.3 Å². The van der Waals surface area contributed by atoms with E-state index >= 15 is 0 Å². The number of hydrogen-bond donors (Lipinski definition) is 1. The van der Waals surface area contributed by atoms with Gasteiger partial charge in [-0.1, -0.05) is 13.3 Å². The van der Waals surface area contributed by atoms with Gasteiger partial charge in [0.1, 0.15) is 5.82 Å². The van der Waals surface area contributed by atoms with Gasteiger partial charge >= 0.3 is 0 Å². The summed E-state index contributed by atoms with van der Waals surface area (Å²) in [6.07, 6.45) is 6.89. The molecule has 0 fully saturated rings. The van der Waals surface area contributed by atoms with Crippen molar-refractivity contribution in [3.63, 3.8) is 0 Å². The zero-order valence-electron chi connectivity index (χ0n) is 10.7. The lowest BCUT2D eigenvalue weighted by molar-refractivity contribution is 0.531. The quantitative estimate of drug-likeness (QED) is 0.835. The third-order valence-electron chi connectivity index (χ3n) is 3.27. The summed E-state index contributed by atoms with van der Waals surface area (Å²) in [5.41, 5.74) is 2.58. The number of nitrogens with one attached hydrogen (secondary N) is 1. The lowest BCUT2D eigenvalue weighted by Gasteiger charge is -2.16. The first-order chi connectivity index (χ1) is 8.35. The maximum atomic E-state index is 4.74. The van der Waals surface area contributed by atoms with E-state index in [1.54, 1.807) is 0 Å². The second-order valence-electron chi connectivity index (χ2n) is 4.41. The lowest BCUT2D eigenvalue weighted by Crippen LogP contribution is -2.18. The van der Waals surface area contributed by atoms with Gasteiger partial charge in [0.25, 0.3) is 0 Å². The molecule has 1 aliphatic carbocycles. The van der Waals surface area contributed by atoms with Crippen molar-refractivity contribution in [2.24, 2.45) is 0 Å². The highest BCUT2D eigenvalue weighted by molar-refractivity contribution is 7.98. The van der Waals surface area contributed by atoms with Crippen LogP contribution in [0.15, 0.2) is 6.20 Å². The first-order valence-corrected chi connectivity index (χ1v) is 7.60. The number of fused-ring (bicyclic) bond motifs is 1. The summed E-state index contributed by atoms with van der Waals surface area (Å²) in [6, 6.07) is 0.445. The first kappa shape index (κ1) is 12.8. The number of nitrogens with zero attached hydrogens (tertiary/aromatic N) is 2. The van der Waals surface area contributed by atoms with Crippen LogP contribution in [-0.4, -0.2) is 22.8 Å². The van der Waals surface area contributed by atoms with E-state index in [2.05, 4.69) is 17.2 Å². The molecule has 4 heteroatoms. The van der Waals surface area contributed by atoms with Gasteiger partial charge in [0.2, 0.25) is 0 Å². The van der Waals surface area contributed by atoms with Crippen LogP contribution in [0.5, 0.6) is 0 Å². The highest BCUT2D eigenvalue weighted by atomic mass is 32.2. The molecule has 17 heavy (non-hydrogen) atoms. The standard InChI is InChI=1S/C13H21N3S/c1-3-17-9-13-15-8-10-11(14-2)6-4-5-7-12(10)16-13/h8,11,14H,3-7,9H2,1-2H3. The topological polar surface area (TPSA) is 37.8 Å². The smallest absolute Gasteiger partial charge is 0.138 e. The zero-order valence-corrected chi connectivity index (χ0v) is 11.5. The van der Waals surface area contributed by atoms with Crippen molar-refractivity contribution in [1.29, 1.82) is 0 Å². The molecule has 0 amide bonds. The van der Waals surface area contributed by atoms with Crippen LogP contribution in [0.4, 0.5) is 0 Å². The fraction of sp³-hybridized carbons (Fsp3) is 0.692. The molecule has 0 radical (unpaired) electrons. The first-order valence-electron chi connectivity index (χ1n) is 6.44. The Morgan fingerprint density at radius 3 is 3.12 bits per heavy atom. The van der Waals surface area contributed by atoms with Crippen LogP contribution in [0.1, 0.15) is 49.3 Å². The molecular formula is C13H21N3S. The molecule has 1 N–H and O–H groups in total. The highest BCUT2D eigenvalue weighted by Gasteiger charge is 2.18. The van der Waals surface area contributed by atoms with Gasteiger partial charge in [-0.2, -0.15) is 11.8 Å². The molecule has 0 spiro atoms. The van der Waals surface area contributed by atoms with E-state index in [-0.39, 0.29) is 0 Å². The largest absolute Gasteiger partial charge is 0.313 e. The number of rotatable bonds is 4. The second-order valence-corrected chi connectivity index (χ2v) is 5.69. The molecule has 3 nitrogen and oxygen atoms in total.